The lowest BCUT2D eigenvalue weighted by Crippen LogP contribution is -2.64. The molecule has 0 radical (unpaired) electrons. The topological polar surface area (TPSA) is 424 Å². The van der Waals surface area contributed by atoms with Crippen molar-refractivity contribution in [3.05, 3.63) is 108 Å². The third-order valence-electron chi connectivity index (χ3n) is 15.3. The highest BCUT2D eigenvalue weighted by molar-refractivity contribution is 7.46. The van der Waals surface area contributed by atoms with E-state index in [2.05, 4.69) is 38.0 Å². The molecule has 3 heterocycles. The zero-order chi connectivity index (χ0) is 62.9. The summed E-state index contributed by atoms with van der Waals surface area (Å²) in [6.07, 6.45) is -14.2. The van der Waals surface area contributed by atoms with Crippen LogP contribution in [-0.4, -0.2) is 201 Å². The molecule has 3 fully saturated rings. The SMILES string of the molecule is CCCCCOc1ccc(-c2ccc(-c3ccc(C(=O)N[C@H]4C[C@@H](O)[C@@H](O)NC(=O)[C@@H]5[C@@H](O)[C@@H](C)CN5C(=O)[C@H]([C@@H](C)O)NC(=O)[C@H]([C@H](O)[C@@H](O)c5ccc(OP(=O)(O)O)cc5)NC(=O)[C@@H]5C[C@@H](O)CN5C(=O)[C@H]([C@@H](C)O)NC4=O)cc3)cc2)cc1. The molecule has 4 aromatic carbocycles. The second-order valence-corrected chi connectivity index (χ2v) is 23.0. The summed E-state index contributed by atoms with van der Waals surface area (Å²) >= 11 is 0. The Bertz CT molecular complexity index is 3080. The number of fused-ring (bicyclic) bond motifs is 2. The molecule has 3 aliphatic heterocycles. The van der Waals surface area contributed by atoms with Crippen molar-refractivity contribution in [1.29, 1.82) is 0 Å². The van der Waals surface area contributed by atoms with Crippen LogP contribution < -0.4 is 35.8 Å². The summed E-state index contributed by atoms with van der Waals surface area (Å²) in [6, 6.07) is 13.6. The van der Waals surface area contributed by atoms with Crippen molar-refractivity contribution in [1.82, 2.24) is 36.4 Å². The first-order valence-corrected chi connectivity index (χ1v) is 29.6. The highest BCUT2D eigenvalue weighted by Gasteiger charge is 2.50. The van der Waals surface area contributed by atoms with Crippen LogP contribution >= 0.6 is 7.82 Å². The number of unbranched alkanes of at least 4 members (excludes halogenated alkanes) is 2. The first-order chi connectivity index (χ1) is 40.6. The number of aliphatic hydroxyl groups is 8. The highest BCUT2D eigenvalue weighted by atomic mass is 31.2. The molecule has 0 saturated carbocycles. The zero-order valence-corrected chi connectivity index (χ0v) is 48.3. The fourth-order valence-electron chi connectivity index (χ4n) is 10.4. The summed E-state index contributed by atoms with van der Waals surface area (Å²) in [4.78, 5) is 120. The van der Waals surface area contributed by atoms with Gasteiger partial charge < -0.3 is 86.5 Å². The molecular formula is C58H74N7O20P. The maximum atomic E-state index is 14.5. The summed E-state index contributed by atoms with van der Waals surface area (Å²) in [5.41, 5.74) is 3.14. The molecule has 0 aromatic heterocycles. The summed E-state index contributed by atoms with van der Waals surface area (Å²) in [5.74, 6) is -9.20. The first-order valence-electron chi connectivity index (χ1n) is 28.0. The number of phosphoric ester groups is 1. The van der Waals surface area contributed by atoms with Crippen LogP contribution in [0.2, 0.25) is 0 Å². The van der Waals surface area contributed by atoms with E-state index in [1.807, 2.05) is 48.5 Å². The minimum Gasteiger partial charge on any atom is -0.494 e. The average Bonchev–Trinajstić information content (AvgIpc) is 2.75. The molecule has 15 atom stereocenters. The van der Waals surface area contributed by atoms with Gasteiger partial charge in [-0.05, 0) is 84.5 Å². The van der Waals surface area contributed by atoms with Gasteiger partial charge in [0.05, 0.1) is 31.0 Å². The monoisotopic (exact) mass is 1220 g/mol. The molecular weight excluding hydrogens is 1150 g/mol. The number of benzene rings is 4. The van der Waals surface area contributed by atoms with Crippen LogP contribution in [0.1, 0.15) is 81.8 Å². The molecule has 27 nitrogen and oxygen atoms in total. The summed E-state index contributed by atoms with van der Waals surface area (Å²) in [6.45, 7) is 5.28. The van der Waals surface area contributed by atoms with Crippen LogP contribution in [0.25, 0.3) is 22.3 Å². The molecule has 3 saturated heterocycles. The number of carbonyl (C=O) groups excluding carboxylic acids is 7. The zero-order valence-electron chi connectivity index (χ0n) is 47.5. The van der Waals surface area contributed by atoms with Crippen LogP contribution in [-0.2, 0) is 33.3 Å². The molecule has 3 aliphatic rings. The maximum absolute atomic E-state index is 14.5. The Kier molecular flexibility index (Phi) is 22.2. The average molecular weight is 1220 g/mol. The molecule has 7 amide bonds. The first kappa shape index (κ1) is 66.1. The van der Waals surface area contributed by atoms with E-state index in [0.29, 0.717) is 12.2 Å². The van der Waals surface area contributed by atoms with Gasteiger partial charge in [-0.2, -0.15) is 0 Å². The van der Waals surface area contributed by atoms with Crippen molar-refractivity contribution in [2.45, 2.75) is 145 Å². The van der Waals surface area contributed by atoms with Gasteiger partial charge in [0.1, 0.15) is 66.1 Å². The summed E-state index contributed by atoms with van der Waals surface area (Å²) in [5, 5.41) is 102. The van der Waals surface area contributed by atoms with Gasteiger partial charge in [-0.3, -0.25) is 43.3 Å². The standard InChI is InChI=1S/C58H74N7O20P/c1-5-6-7-24-84-39-20-16-35(17-21-39)33-10-8-32(9-11-33)34-12-14-37(15-13-34)51(73)59-41-26-43(69)54(76)63-56(78)47-48(70)29(2)27-65(47)58(80)45(31(4)67)61-55(77)46(50(72)49(71)36-18-22-40(23-19-36)85-86(81,82)83)62-53(75)42-25-38(68)28-64(42)57(79)44(30(3)66)60-52(41)74/h8-23,29-31,38,41-50,54,66-72,76H,5-7,24-28H2,1-4H3,(H,59,73)(H,60,74)(H,61,77)(H,62,75)(H,63,78)(H2,81,82,83)/t29-,30+,31+,38+,41-,42-,43+,44-,45-,46-,47-,48-,49-,50-,54+/m0/s1. The number of nitrogens with one attached hydrogen (secondary N) is 5. The molecule has 0 spiro atoms. The van der Waals surface area contributed by atoms with E-state index in [9.17, 15) is 88.8 Å². The van der Waals surface area contributed by atoms with Crippen molar-refractivity contribution >= 4 is 49.2 Å². The van der Waals surface area contributed by atoms with Gasteiger partial charge >= 0.3 is 7.82 Å². The second kappa shape index (κ2) is 28.9. The Morgan fingerprint density at radius 1 is 0.640 bits per heavy atom. The quantitative estimate of drug-likeness (QED) is 0.0465. The number of hydrogen-bond acceptors (Lipinski definition) is 18. The minimum absolute atomic E-state index is 0.0110. The second-order valence-electron chi connectivity index (χ2n) is 21.8. The van der Waals surface area contributed by atoms with E-state index in [1.165, 1.54) is 19.1 Å². The predicted octanol–water partition coefficient (Wildman–Crippen LogP) is -1.16. The van der Waals surface area contributed by atoms with Crippen molar-refractivity contribution in [2.75, 3.05) is 19.7 Å². The van der Waals surface area contributed by atoms with E-state index in [1.54, 1.807) is 12.1 Å². The van der Waals surface area contributed by atoms with Crippen molar-refractivity contribution < 1.29 is 98.0 Å². The van der Waals surface area contributed by atoms with Crippen LogP contribution in [0.15, 0.2) is 97.1 Å². The minimum atomic E-state index is -5.06. The Hall–Kier alpha value is -7.40. The van der Waals surface area contributed by atoms with Crippen molar-refractivity contribution in [2.24, 2.45) is 5.92 Å². The third-order valence-corrected chi connectivity index (χ3v) is 15.7. The van der Waals surface area contributed by atoms with Crippen molar-refractivity contribution in [3.8, 4) is 33.8 Å². The van der Waals surface area contributed by atoms with E-state index in [-0.39, 0.29) is 16.9 Å². The van der Waals surface area contributed by atoms with Gasteiger partial charge in [0.2, 0.25) is 35.4 Å². The van der Waals surface area contributed by atoms with Gasteiger partial charge in [0.15, 0.2) is 6.23 Å². The Morgan fingerprint density at radius 2 is 1.15 bits per heavy atom. The molecule has 466 valence electrons. The molecule has 15 N–H and O–H groups in total. The fourth-order valence-corrected chi connectivity index (χ4v) is 10.8. The number of nitrogens with zero attached hydrogens (tertiary/aromatic N) is 2. The van der Waals surface area contributed by atoms with E-state index >= 15 is 0 Å². The largest absolute Gasteiger partial charge is 0.524 e. The Labute approximate surface area is 494 Å². The lowest BCUT2D eigenvalue weighted by atomic mass is 9.96. The van der Waals surface area contributed by atoms with Crippen LogP contribution in [0.3, 0.4) is 0 Å². The van der Waals surface area contributed by atoms with Crippen LogP contribution in [0.5, 0.6) is 11.5 Å². The van der Waals surface area contributed by atoms with E-state index in [0.717, 1.165) is 89.6 Å². The lowest BCUT2D eigenvalue weighted by Gasteiger charge is -2.34. The van der Waals surface area contributed by atoms with Gasteiger partial charge in [0.25, 0.3) is 5.91 Å². The fraction of sp³-hybridized carbons (Fsp3) is 0.466. The number of phosphoric acid groups is 1. The normalized spacial score (nSPS) is 27.0. The number of hydrogen-bond donors (Lipinski definition) is 15. The molecule has 0 bridgehead atoms. The number of aliphatic hydroxyl groups excluding tert-OH is 8. The molecule has 0 unspecified atom stereocenters. The Morgan fingerprint density at radius 3 is 1.70 bits per heavy atom. The van der Waals surface area contributed by atoms with Crippen molar-refractivity contribution in [3.63, 3.8) is 0 Å². The smallest absolute Gasteiger partial charge is 0.494 e. The molecule has 7 rings (SSSR count). The van der Waals surface area contributed by atoms with Gasteiger partial charge in [-0.15, -0.1) is 0 Å². The van der Waals surface area contributed by atoms with E-state index < -0.39 is 166 Å². The number of ether oxygens (including phenoxy) is 1. The number of carbonyl (C=O) groups is 7. The maximum Gasteiger partial charge on any atom is 0.524 e. The predicted molar refractivity (Wildman–Crippen MR) is 304 cm³/mol. The molecule has 4 aromatic rings. The third kappa shape index (κ3) is 16.4. The Balaban J connectivity index is 1.18. The summed E-state index contributed by atoms with van der Waals surface area (Å²) < 4.78 is 21.8. The molecule has 28 heteroatoms. The van der Waals surface area contributed by atoms with Gasteiger partial charge in [0, 0.05) is 37.4 Å². The highest BCUT2D eigenvalue weighted by Crippen LogP contribution is 2.38. The van der Waals surface area contributed by atoms with Gasteiger partial charge in [-0.25, -0.2) is 4.57 Å². The van der Waals surface area contributed by atoms with Crippen LogP contribution in [0, 0.1) is 5.92 Å². The molecule has 86 heavy (non-hydrogen) atoms. The summed E-state index contributed by atoms with van der Waals surface area (Å²) in [7, 11) is -5.06. The number of rotatable bonds is 16. The lowest BCUT2D eigenvalue weighted by molar-refractivity contribution is -0.148. The molecule has 0 aliphatic carbocycles. The van der Waals surface area contributed by atoms with Gasteiger partial charge in [-0.1, -0.05) is 87.4 Å². The number of amides is 7. The van der Waals surface area contributed by atoms with Crippen LogP contribution in [0.4, 0.5) is 0 Å². The van der Waals surface area contributed by atoms with E-state index in [4.69, 9.17) is 4.74 Å².